The smallest absolute Gasteiger partial charge is 0.221 e. The number of nitrogens with zero attached hydrogens (tertiary/aromatic N) is 1. The lowest BCUT2D eigenvalue weighted by atomic mass is 10.1. The van der Waals surface area contributed by atoms with Crippen LogP contribution in [0.1, 0.15) is 17.5 Å². The average molecular weight is 310 g/mol. The Morgan fingerprint density at radius 1 is 1.33 bits per heavy atom. The van der Waals surface area contributed by atoms with Crippen LogP contribution in [0.25, 0.3) is 0 Å². The number of carbonyl (C=O) groups is 1. The van der Waals surface area contributed by atoms with Gasteiger partial charge >= 0.3 is 0 Å². The van der Waals surface area contributed by atoms with Crippen molar-refractivity contribution < 1.29 is 13.2 Å². The van der Waals surface area contributed by atoms with Crippen molar-refractivity contribution in [3.63, 3.8) is 0 Å². The molecule has 6 heteroatoms. The minimum Gasteiger partial charge on any atom is -0.352 e. The molecule has 0 fully saturated rings. The van der Waals surface area contributed by atoms with Gasteiger partial charge in [0.25, 0.3) is 0 Å². The van der Waals surface area contributed by atoms with Gasteiger partial charge in [0, 0.05) is 26.1 Å². The van der Waals surface area contributed by atoms with Gasteiger partial charge in [0.2, 0.25) is 15.9 Å². The predicted octanol–water partition coefficient (Wildman–Crippen LogP) is 1.45. The summed E-state index contributed by atoms with van der Waals surface area (Å²) in [7, 11) is -3.31. The molecular formula is C15H22N2O3S. The molecule has 0 saturated heterocycles. The topological polar surface area (TPSA) is 66.5 Å². The number of carbonyl (C=O) groups excluding carboxylic acids is 1. The first kappa shape index (κ1) is 17.4. The van der Waals surface area contributed by atoms with Crippen molar-refractivity contribution >= 4 is 15.9 Å². The summed E-state index contributed by atoms with van der Waals surface area (Å²) in [6, 6.07) is 7.88. The average Bonchev–Trinajstić information content (AvgIpc) is 2.41. The van der Waals surface area contributed by atoms with Crippen molar-refractivity contribution in [1.29, 1.82) is 0 Å². The van der Waals surface area contributed by atoms with Crippen molar-refractivity contribution in [2.75, 3.05) is 19.3 Å². The van der Waals surface area contributed by atoms with Crippen molar-refractivity contribution in [3.8, 4) is 0 Å². The molecule has 0 aliphatic carbocycles. The Balaban J connectivity index is 2.43. The van der Waals surface area contributed by atoms with Crippen LogP contribution in [0.15, 0.2) is 36.9 Å². The molecule has 21 heavy (non-hydrogen) atoms. The van der Waals surface area contributed by atoms with E-state index in [0.29, 0.717) is 6.54 Å². The third-order valence-electron chi connectivity index (χ3n) is 3.00. The Hall–Kier alpha value is -1.66. The quantitative estimate of drug-likeness (QED) is 0.739. The van der Waals surface area contributed by atoms with E-state index < -0.39 is 10.0 Å². The number of benzene rings is 1. The number of aryl methyl sites for hydroxylation is 1. The summed E-state index contributed by atoms with van der Waals surface area (Å²) < 4.78 is 24.2. The first-order chi connectivity index (χ1) is 9.82. The molecule has 1 amide bonds. The Morgan fingerprint density at radius 3 is 2.48 bits per heavy atom. The van der Waals surface area contributed by atoms with Gasteiger partial charge in [0.1, 0.15) is 0 Å². The highest BCUT2D eigenvalue weighted by Crippen LogP contribution is 2.03. The van der Waals surface area contributed by atoms with E-state index in [2.05, 4.69) is 11.9 Å². The van der Waals surface area contributed by atoms with Crippen LogP contribution in [-0.2, 0) is 21.4 Å². The highest BCUT2D eigenvalue weighted by atomic mass is 32.2. The Labute approximate surface area is 126 Å². The van der Waals surface area contributed by atoms with Crippen LogP contribution in [0.2, 0.25) is 0 Å². The van der Waals surface area contributed by atoms with Crippen LogP contribution in [0, 0.1) is 6.92 Å². The van der Waals surface area contributed by atoms with Gasteiger partial charge in [-0.15, -0.1) is 6.58 Å². The van der Waals surface area contributed by atoms with Gasteiger partial charge in [0.15, 0.2) is 0 Å². The molecule has 0 radical (unpaired) electrons. The maximum Gasteiger partial charge on any atom is 0.221 e. The first-order valence-electron chi connectivity index (χ1n) is 6.71. The van der Waals surface area contributed by atoms with Crippen LogP contribution in [0.4, 0.5) is 0 Å². The van der Waals surface area contributed by atoms with E-state index in [0.717, 1.165) is 11.8 Å². The Kier molecular flexibility index (Phi) is 6.58. The predicted molar refractivity (Wildman–Crippen MR) is 84.3 cm³/mol. The molecule has 0 spiro atoms. The van der Waals surface area contributed by atoms with Gasteiger partial charge < -0.3 is 5.32 Å². The minimum absolute atomic E-state index is 0.132. The highest BCUT2D eigenvalue weighted by molar-refractivity contribution is 7.88. The summed E-state index contributed by atoms with van der Waals surface area (Å²) in [5.74, 6) is -0.173. The molecule has 0 aliphatic heterocycles. The largest absolute Gasteiger partial charge is 0.352 e. The summed E-state index contributed by atoms with van der Waals surface area (Å²) in [6.07, 6.45) is 2.76. The van der Waals surface area contributed by atoms with Crippen LogP contribution < -0.4 is 5.32 Å². The molecule has 1 aromatic carbocycles. The van der Waals surface area contributed by atoms with Crippen molar-refractivity contribution in [2.45, 2.75) is 19.9 Å². The monoisotopic (exact) mass is 310 g/mol. The van der Waals surface area contributed by atoms with Gasteiger partial charge in [-0.25, -0.2) is 8.42 Å². The normalized spacial score (nSPS) is 11.4. The minimum atomic E-state index is -3.31. The van der Waals surface area contributed by atoms with Crippen molar-refractivity contribution in [3.05, 3.63) is 48.0 Å². The molecule has 0 unspecified atom stereocenters. The Morgan fingerprint density at radius 2 is 1.95 bits per heavy atom. The van der Waals surface area contributed by atoms with E-state index >= 15 is 0 Å². The molecule has 5 nitrogen and oxygen atoms in total. The van der Waals surface area contributed by atoms with Crippen LogP contribution in [0.3, 0.4) is 0 Å². The van der Waals surface area contributed by atoms with Crippen LogP contribution in [-0.4, -0.2) is 38.0 Å². The van der Waals surface area contributed by atoms with E-state index in [1.54, 1.807) is 0 Å². The second-order valence-corrected chi connectivity index (χ2v) is 6.90. The summed E-state index contributed by atoms with van der Waals surface area (Å²) in [5, 5.41) is 2.78. The number of hydrogen-bond donors (Lipinski definition) is 1. The Bertz CT molecular complexity index is 579. The molecule has 0 saturated carbocycles. The fraction of sp³-hybridized carbons (Fsp3) is 0.400. The van der Waals surface area contributed by atoms with E-state index in [-0.39, 0.29) is 25.4 Å². The molecule has 0 heterocycles. The molecule has 116 valence electrons. The van der Waals surface area contributed by atoms with Gasteiger partial charge in [-0.1, -0.05) is 35.9 Å². The third kappa shape index (κ3) is 6.55. The van der Waals surface area contributed by atoms with Crippen molar-refractivity contribution in [1.82, 2.24) is 9.62 Å². The summed E-state index contributed by atoms with van der Waals surface area (Å²) in [4.78, 5) is 11.8. The molecule has 1 rings (SSSR count). The fourth-order valence-electron chi connectivity index (χ4n) is 1.76. The molecule has 1 aromatic rings. The maximum atomic E-state index is 11.8. The van der Waals surface area contributed by atoms with Crippen LogP contribution in [0.5, 0.6) is 0 Å². The van der Waals surface area contributed by atoms with Gasteiger partial charge in [-0.2, -0.15) is 4.31 Å². The fourth-order valence-corrected chi connectivity index (χ4v) is 2.56. The van der Waals surface area contributed by atoms with Crippen LogP contribution >= 0.6 is 0 Å². The van der Waals surface area contributed by atoms with Crippen molar-refractivity contribution in [2.24, 2.45) is 0 Å². The van der Waals surface area contributed by atoms with E-state index in [9.17, 15) is 13.2 Å². The van der Waals surface area contributed by atoms with Gasteiger partial charge in [-0.05, 0) is 12.5 Å². The summed E-state index contributed by atoms with van der Waals surface area (Å²) in [5.41, 5.74) is 2.18. The maximum absolute atomic E-state index is 11.8. The number of sulfonamides is 1. The second-order valence-electron chi connectivity index (χ2n) is 4.92. The number of amides is 1. The lowest BCUT2D eigenvalue weighted by Gasteiger charge is -2.17. The number of hydrogen-bond acceptors (Lipinski definition) is 3. The lowest BCUT2D eigenvalue weighted by Crippen LogP contribution is -2.34. The molecule has 0 atom stereocenters. The molecule has 1 N–H and O–H groups in total. The van der Waals surface area contributed by atoms with E-state index in [1.165, 1.54) is 15.9 Å². The zero-order valence-corrected chi connectivity index (χ0v) is 13.3. The van der Waals surface area contributed by atoms with E-state index in [4.69, 9.17) is 0 Å². The first-order valence-corrected chi connectivity index (χ1v) is 8.56. The second kappa shape index (κ2) is 7.95. The summed E-state index contributed by atoms with van der Waals surface area (Å²) in [6.45, 7) is 6.33. The number of nitrogens with one attached hydrogen (secondary N) is 1. The zero-order chi connectivity index (χ0) is 15.9. The number of rotatable bonds is 8. The SMILES string of the molecule is C=CCN(CCC(=O)NCc1ccc(C)cc1)S(C)(=O)=O. The molecule has 0 bridgehead atoms. The zero-order valence-electron chi connectivity index (χ0n) is 12.5. The van der Waals surface area contributed by atoms with E-state index in [1.807, 2.05) is 31.2 Å². The third-order valence-corrected chi connectivity index (χ3v) is 4.27. The standard InChI is InChI=1S/C15H22N2O3S/c1-4-10-17(21(3,19)20)11-9-15(18)16-12-14-7-5-13(2)6-8-14/h4-8H,1,9-12H2,2-3H3,(H,16,18). The summed E-state index contributed by atoms with van der Waals surface area (Å²) >= 11 is 0. The van der Waals surface area contributed by atoms with Gasteiger partial charge in [-0.3, -0.25) is 4.79 Å². The molecular weight excluding hydrogens is 288 g/mol. The molecule has 0 aliphatic rings. The highest BCUT2D eigenvalue weighted by Gasteiger charge is 2.16. The molecule has 0 aromatic heterocycles. The van der Waals surface area contributed by atoms with Gasteiger partial charge in [0.05, 0.1) is 6.26 Å². The lowest BCUT2D eigenvalue weighted by molar-refractivity contribution is -0.121.